The van der Waals surface area contributed by atoms with E-state index >= 15 is 0 Å². The van der Waals surface area contributed by atoms with Crippen LogP contribution < -0.4 is 0 Å². The van der Waals surface area contributed by atoms with Gasteiger partial charge in [0.15, 0.2) is 0 Å². The van der Waals surface area contributed by atoms with Crippen LogP contribution in [0.15, 0.2) is 24.3 Å². The van der Waals surface area contributed by atoms with Gasteiger partial charge in [-0.2, -0.15) is 0 Å². The maximum Gasteiger partial charge on any atom is 0.308 e. The SMILES string of the molecule is O=C(O)C1CC(=O)N(CCc2cccc(F)c2)C1. The molecular formula is C13H14FNO3. The van der Waals surface area contributed by atoms with Gasteiger partial charge in [0.05, 0.1) is 5.92 Å². The zero-order chi connectivity index (χ0) is 13.1. The Morgan fingerprint density at radius 2 is 2.28 bits per heavy atom. The number of carboxylic acid groups (broad SMARTS) is 1. The van der Waals surface area contributed by atoms with Gasteiger partial charge in [-0.3, -0.25) is 9.59 Å². The molecule has 96 valence electrons. The molecule has 1 atom stereocenters. The van der Waals surface area contributed by atoms with Crippen molar-refractivity contribution in [1.29, 1.82) is 0 Å². The molecule has 0 radical (unpaired) electrons. The summed E-state index contributed by atoms with van der Waals surface area (Å²) in [6.45, 7) is 0.690. The van der Waals surface area contributed by atoms with Gasteiger partial charge < -0.3 is 10.0 Å². The first-order valence-corrected chi connectivity index (χ1v) is 5.81. The molecule has 1 fully saturated rings. The third kappa shape index (κ3) is 2.85. The molecule has 1 N–H and O–H groups in total. The normalized spacial score (nSPS) is 19.3. The van der Waals surface area contributed by atoms with Crippen molar-refractivity contribution in [3.05, 3.63) is 35.6 Å². The van der Waals surface area contributed by atoms with Crippen molar-refractivity contribution in [1.82, 2.24) is 4.90 Å². The Labute approximate surface area is 104 Å². The number of likely N-dealkylation sites (tertiary alicyclic amines) is 1. The Bertz CT molecular complexity index is 475. The van der Waals surface area contributed by atoms with E-state index in [1.807, 2.05) is 0 Å². The van der Waals surface area contributed by atoms with Crippen LogP contribution in [0.3, 0.4) is 0 Å². The Balaban J connectivity index is 1.91. The number of nitrogens with zero attached hydrogens (tertiary/aromatic N) is 1. The van der Waals surface area contributed by atoms with E-state index in [0.29, 0.717) is 13.0 Å². The van der Waals surface area contributed by atoms with Crippen LogP contribution >= 0.6 is 0 Å². The average Bonchev–Trinajstić information content (AvgIpc) is 2.68. The molecule has 1 unspecified atom stereocenters. The van der Waals surface area contributed by atoms with Crippen molar-refractivity contribution in [2.24, 2.45) is 5.92 Å². The summed E-state index contributed by atoms with van der Waals surface area (Å²) in [6, 6.07) is 6.20. The van der Waals surface area contributed by atoms with Gasteiger partial charge in [0, 0.05) is 19.5 Å². The fourth-order valence-corrected chi connectivity index (χ4v) is 2.11. The average molecular weight is 251 g/mol. The van der Waals surface area contributed by atoms with E-state index in [0.717, 1.165) is 5.56 Å². The minimum Gasteiger partial charge on any atom is -0.481 e. The Morgan fingerprint density at radius 3 is 2.89 bits per heavy atom. The number of rotatable bonds is 4. The van der Waals surface area contributed by atoms with Gasteiger partial charge in [0.25, 0.3) is 0 Å². The second-order valence-corrected chi connectivity index (χ2v) is 4.46. The molecule has 1 aliphatic rings. The summed E-state index contributed by atoms with van der Waals surface area (Å²) in [5, 5.41) is 8.84. The van der Waals surface area contributed by atoms with Crippen LogP contribution in [-0.2, 0) is 16.0 Å². The van der Waals surface area contributed by atoms with Crippen LogP contribution in [0, 0.1) is 11.7 Å². The zero-order valence-electron chi connectivity index (χ0n) is 9.80. The number of amides is 1. The molecule has 1 saturated heterocycles. The summed E-state index contributed by atoms with van der Waals surface area (Å²) in [6.07, 6.45) is 0.605. The van der Waals surface area contributed by atoms with Crippen LogP contribution in [0.1, 0.15) is 12.0 Å². The zero-order valence-corrected chi connectivity index (χ0v) is 9.80. The number of hydrogen-bond donors (Lipinski definition) is 1. The highest BCUT2D eigenvalue weighted by atomic mass is 19.1. The predicted octanol–water partition coefficient (Wildman–Crippen LogP) is 1.30. The van der Waals surface area contributed by atoms with E-state index in [2.05, 4.69) is 0 Å². The number of benzene rings is 1. The Kier molecular flexibility index (Phi) is 3.60. The standard InChI is InChI=1S/C13H14FNO3/c14-11-3-1-2-9(6-11)4-5-15-8-10(13(17)18)7-12(15)16/h1-3,6,10H,4-5,7-8H2,(H,17,18). The van der Waals surface area contributed by atoms with Crippen molar-refractivity contribution in [2.75, 3.05) is 13.1 Å². The molecule has 1 amide bonds. The highest BCUT2D eigenvalue weighted by Crippen LogP contribution is 2.18. The van der Waals surface area contributed by atoms with E-state index in [1.165, 1.54) is 17.0 Å². The van der Waals surface area contributed by atoms with Crippen LogP contribution in [0.4, 0.5) is 4.39 Å². The highest BCUT2D eigenvalue weighted by Gasteiger charge is 2.33. The van der Waals surface area contributed by atoms with E-state index in [4.69, 9.17) is 5.11 Å². The van der Waals surface area contributed by atoms with Gasteiger partial charge in [0.1, 0.15) is 5.82 Å². The van der Waals surface area contributed by atoms with Crippen molar-refractivity contribution in [3.63, 3.8) is 0 Å². The molecule has 1 aromatic carbocycles. The van der Waals surface area contributed by atoms with Crippen molar-refractivity contribution in [2.45, 2.75) is 12.8 Å². The van der Waals surface area contributed by atoms with E-state index in [9.17, 15) is 14.0 Å². The van der Waals surface area contributed by atoms with E-state index < -0.39 is 11.9 Å². The number of aliphatic carboxylic acids is 1. The molecule has 0 aliphatic carbocycles. The van der Waals surface area contributed by atoms with Crippen molar-refractivity contribution in [3.8, 4) is 0 Å². The number of carbonyl (C=O) groups is 2. The van der Waals surface area contributed by atoms with Gasteiger partial charge >= 0.3 is 5.97 Å². The lowest BCUT2D eigenvalue weighted by Crippen LogP contribution is -2.28. The molecule has 0 spiro atoms. The molecule has 4 nitrogen and oxygen atoms in total. The number of carbonyl (C=O) groups excluding carboxylic acids is 1. The smallest absolute Gasteiger partial charge is 0.308 e. The molecular weight excluding hydrogens is 237 g/mol. The van der Waals surface area contributed by atoms with Crippen molar-refractivity contribution >= 4 is 11.9 Å². The van der Waals surface area contributed by atoms with Crippen LogP contribution in [0.25, 0.3) is 0 Å². The largest absolute Gasteiger partial charge is 0.481 e. The summed E-state index contributed by atoms with van der Waals surface area (Å²) < 4.78 is 13.0. The Hall–Kier alpha value is -1.91. The summed E-state index contributed by atoms with van der Waals surface area (Å²) in [7, 11) is 0. The van der Waals surface area contributed by atoms with Gasteiger partial charge in [-0.05, 0) is 24.1 Å². The molecule has 1 heterocycles. The fraction of sp³-hybridized carbons (Fsp3) is 0.385. The van der Waals surface area contributed by atoms with Gasteiger partial charge in [-0.15, -0.1) is 0 Å². The van der Waals surface area contributed by atoms with Crippen LogP contribution in [0.5, 0.6) is 0 Å². The van der Waals surface area contributed by atoms with Crippen molar-refractivity contribution < 1.29 is 19.1 Å². The predicted molar refractivity (Wildman–Crippen MR) is 62.4 cm³/mol. The molecule has 0 aromatic heterocycles. The van der Waals surface area contributed by atoms with E-state index in [1.54, 1.807) is 12.1 Å². The summed E-state index contributed by atoms with van der Waals surface area (Å²) in [4.78, 5) is 23.9. The first-order chi connectivity index (χ1) is 8.56. The first-order valence-electron chi connectivity index (χ1n) is 5.81. The minimum absolute atomic E-state index is 0.0679. The molecule has 1 aromatic rings. The van der Waals surface area contributed by atoms with Gasteiger partial charge in [-0.25, -0.2) is 4.39 Å². The maximum absolute atomic E-state index is 13.0. The van der Waals surface area contributed by atoms with E-state index in [-0.39, 0.29) is 24.7 Å². The summed E-state index contributed by atoms with van der Waals surface area (Å²) >= 11 is 0. The topological polar surface area (TPSA) is 57.6 Å². The highest BCUT2D eigenvalue weighted by molar-refractivity contribution is 5.86. The summed E-state index contributed by atoms with van der Waals surface area (Å²) in [5.41, 5.74) is 0.807. The van der Waals surface area contributed by atoms with Gasteiger partial charge in [-0.1, -0.05) is 12.1 Å². The molecule has 18 heavy (non-hydrogen) atoms. The molecule has 5 heteroatoms. The van der Waals surface area contributed by atoms with Gasteiger partial charge in [0.2, 0.25) is 5.91 Å². The number of hydrogen-bond acceptors (Lipinski definition) is 2. The van der Waals surface area contributed by atoms with Crippen LogP contribution in [-0.4, -0.2) is 35.0 Å². The molecule has 1 aliphatic heterocycles. The Morgan fingerprint density at radius 1 is 1.50 bits per heavy atom. The molecule has 2 rings (SSSR count). The second-order valence-electron chi connectivity index (χ2n) is 4.46. The van der Waals surface area contributed by atoms with Crippen LogP contribution in [0.2, 0.25) is 0 Å². The monoisotopic (exact) mass is 251 g/mol. The molecule has 0 bridgehead atoms. The molecule has 0 saturated carbocycles. The number of carboxylic acids is 1. The quantitative estimate of drug-likeness (QED) is 0.877. The third-order valence-corrected chi connectivity index (χ3v) is 3.12. The first kappa shape index (κ1) is 12.5. The number of halogens is 1. The second kappa shape index (κ2) is 5.16. The maximum atomic E-state index is 13.0. The third-order valence-electron chi connectivity index (χ3n) is 3.12. The lowest BCUT2D eigenvalue weighted by molar-refractivity contribution is -0.141. The summed E-state index contributed by atoms with van der Waals surface area (Å²) in [5.74, 6) is -1.98. The lowest BCUT2D eigenvalue weighted by Gasteiger charge is -2.15. The minimum atomic E-state index is -0.934. The fourth-order valence-electron chi connectivity index (χ4n) is 2.11. The lowest BCUT2D eigenvalue weighted by atomic mass is 10.1.